The Kier molecular flexibility index (Phi) is 4.41. The summed E-state index contributed by atoms with van der Waals surface area (Å²) in [6, 6.07) is 3.53. The molecule has 1 N–H and O–H groups in total. The Hall–Kier alpha value is -0.970. The summed E-state index contributed by atoms with van der Waals surface area (Å²) in [5, 5.41) is 3.01. The molecule has 0 aliphatic rings. The SMILES string of the molecule is C=CCCNc1ccc(C(F)(F)F)cc1Br. The topological polar surface area (TPSA) is 12.0 Å². The summed E-state index contributed by atoms with van der Waals surface area (Å²) in [6.45, 7) is 4.21. The maximum absolute atomic E-state index is 12.4. The van der Waals surface area contributed by atoms with Gasteiger partial charge in [-0.15, -0.1) is 6.58 Å². The number of hydrogen-bond acceptors (Lipinski definition) is 1. The Balaban J connectivity index is 2.79. The summed E-state index contributed by atoms with van der Waals surface area (Å²) in [5.41, 5.74) is -0.0107. The van der Waals surface area contributed by atoms with E-state index in [4.69, 9.17) is 0 Å². The van der Waals surface area contributed by atoms with E-state index in [9.17, 15) is 13.2 Å². The fourth-order valence-electron chi connectivity index (χ4n) is 1.14. The highest BCUT2D eigenvalue weighted by Crippen LogP contribution is 2.33. The number of nitrogens with one attached hydrogen (secondary N) is 1. The van der Waals surface area contributed by atoms with E-state index in [1.165, 1.54) is 6.07 Å². The molecular weight excluding hydrogens is 283 g/mol. The molecule has 0 atom stereocenters. The Labute approximate surface area is 100 Å². The van der Waals surface area contributed by atoms with E-state index in [-0.39, 0.29) is 0 Å². The average molecular weight is 294 g/mol. The lowest BCUT2D eigenvalue weighted by molar-refractivity contribution is -0.137. The Morgan fingerprint density at radius 1 is 1.38 bits per heavy atom. The molecule has 0 bridgehead atoms. The smallest absolute Gasteiger partial charge is 0.384 e. The first-order valence-electron chi connectivity index (χ1n) is 4.66. The number of halogens is 4. The number of rotatable bonds is 4. The predicted molar refractivity (Wildman–Crippen MR) is 62.4 cm³/mol. The lowest BCUT2D eigenvalue weighted by atomic mass is 10.2. The minimum absolute atomic E-state index is 0.409. The zero-order chi connectivity index (χ0) is 12.2. The van der Waals surface area contributed by atoms with Crippen molar-refractivity contribution >= 4 is 21.6 Å². The second-order valence-corrected chi connectivity index (χ2v) is 4.05. The van der Waals surface area contributed by atoms with Gasteiger partial charge in [-0.1, -0.05) is 6.08 Å². The van der Waals surface area contributed by atoms with E-state index in [1.807, 2.05) is 0 Å². The van der Waals surface area contributed by atoms with Crippen LogP contribution in [0, 0.1) is 0 Å². The van der Waals surface area contributed by atoms with Crippen LogP contribution in [0.15, 0.2) is 35.3 Å². The van der Waals surface area contributed by atoms with Gasteiger partial charge >= 0.3 is 6.18 Å². The van der Waals surface area contributed by atoms with Crippen molar-refractivity contribution < 1.29 is 13.2 Å². The van der Waals surface area contributed by atoms with Crippen LogP contribution in [0.1, 0.15) is 12.0 Å². The molecule has 0 spiro atoms. The van der Waals surface area contributed by atoms with Gasteiger partial charge in [0, 0.05) is 16.7 Å². The largest absolute Gasteiger partial charge is 0.416 e. The van der Waals surface area contributed by atoms with Gasteiger partial charge in [0.1, 0.15) is 0 Å². The van der Waals surface area contributed by atoms with Gasteiger partial charge in [0.2, 0.25) is 0 Å². The Morgan fingerprint density at radius 2 is 2.06 bits per heavy atom. The van der Waals surface area contributed by atoms with Crippen LogP contribution in [0.5, 0.6) is 0 Å². The summed E-state index contributed by atoms with van der Waals surface area (Å²) in [6.07, 6.45) is -1.80. The maximum Gasteiger partial charge on any atom is 0.416 e. The van der Waals surface area contributed by atoms with Gasteiger partial charge in [0.05, 0.1) is 5.56 Å². The molecule has 1 aromatic carbocycles. The first-order valence-corrected chi connectivity index (χ1v) is 5.46. The van der Waals surface area contributed by atoms with Gasteiger partial charge in [-0.3, -0.25) is 0 Å². The third kappa shape index (κ3) is 3.56. The first kappa shape index (κ1) is 13.1. The minimum atomic E-state index is -4.30. The van der Waals surface area contributed by atoms with Crippen LogP contribution in [0.2, 0.25) is 0 Å². The van der Waals surface area contributed by atoms with Gasteiger partial charge in [0.25, 0.3) is 0 Å². The van der Waals surface area contributed by atoms with E-state index in [2.05, 4.69) is 27.8 Å². The predicted octanol–water partition coefficient (Wildman–Crippen LogP) is 4.46. The van der Waals surface area contributed by atoms with Crippen molar-refractivity contribution in [3.05, 3.63) is 40.9 Å². The molecule has 1 nitrogen and oxygen atoms in total. The quantitative estimate of drug-likeness (QED) is 0.638. The lowest BCUT2D eigenvalue weighted by Gasteiger charge is -2.11. The molecule has 1 rings (SSSR count). The highest BCUT2D eigenvalue weighted by Gasteiger charge is 2.30. The molecule has 0 fully saturated rings. The fraction of sp³-hybridized carbons (Fsp3) is 0.273. The average Bonchev–Trinajstić information content (AvgIpc) is 2.19. The summed E-state index contributed by atoms with van der Waals surface area (Å²) >= 11 is 3.10. The van der Waals surface area contributed by atoms with Crippen molar-refractivity contribution in [1.29, 1.82) is 0 Å². The van der Waals surface area contributed by atoms with E-state index in [0.29, 0.717) is 16.7 Å². The minimum Gasteiger partial charge on any atom is -0.384 e. The molecule has 0 unspecified atom stereocenters. The molecule has 0 aliphatic carbocycles. The molecule has 1 aromatic rings. The first-order chi connectivity index (χ1) is 7.45. The maximum atomic E-state index is 12.4. The van der Waals surface area contributed by atoms with Crippen molar-refractivity contribution in [3.8, 4) is 0 Å². The summed E-state index contributed by atoms with van der Waals surface area (Å²) < 4.78 is 37.5. The monoisotopic (exact) mass is 293 g/mol. The number of alkyl halides is 3. The standard InChI is InChI=1S/C11H11BrF3N/c1-2-3-6-16-10-5-4-8(7-9(10)12)11(13,14)15/h2,4-5,7,16H,1,3,6H2. The molecule has 0 saturated heterocycles. The zero-order valence-corrected chi connectivity index (χ0v) is 10.0. The summed E-state index contributed by atoms with van der Waals surface area (Å²) in [7, 11) is 0. The highest BCUT2D eigenvalue weighted by atomic mass is 79.9. The molecule has 0 heterocycles. The second kappa shape index (κ2) is 5.39. The molecule has 5 heteroatoms. The van der Waals surface area contributed by atoms with E-state index >= 15 is 0 Å². The van der Waals surface area contributed by atoms with Crippen LogP contribution in [-0.4, -0.2) is 6.54 Å². The van der Waals surface area contributed by atoms with E-state index in [1.54, 1.807) is 6.08 Å². The number of anilines is 1. The van der Waals surface area contributed by atoms with E-state index < -0.39 is 11.7 Å². The lowest BCUT2D eigenvalue weighted by Crippen LogP contribution is -2.06. The van der Waals surface area contributed by atoms with Crippen LogP contribution in [0.4, 0.5) is 18.9 Å². The fourth-order valence-corrected chi connectivity index (χ4v) is 1.66. The molecule has 0 saturated carbocycles. The molecule has 88 valence electrons. The van der Waals surface area contributed by atoms with Crippen molar-refractivity contribution in [2.75, 3.05) is 11.9 Å². The van der Waals surface area contributed by atoms with E-state index in [0.717, 1.165) is 18.6 Å². The van der Waals surface area contributed by atoms with Gasteiger partial charge in [-0.2, -0.15) is 13.2 Å². The van der Waals surface area contributed by atoms with Crippen molar-refractivity contribution in [1.82, 2.24) is 0 Å². The molecule has 0 aromatic heterocycles. The van der Waals surface area contributed by atoms with Gasteiger partial charge in [-0.25, -0.2) is 0 Å². The van der Waals surface area contributed by atoms with Crippen LogP contribution in [0.25, 0.3) is 0 Å². The third-order valence-electron chi connectivity index (χ3n) is 1.96. The van der Waals surface area contributed by atoms with Gasteiger partial charge < -0.3 is 5.32 Å². The number of hydrogen-bond donors (Lipinski definition) is 1. The van der Waals surface area contributed by atoms with Gasteiger partial charge in [-0.05, 0) is 40.5 Å². The Morgan fingerprint density at radius 3 is 2.56 bits per heavy atom. The molecule has 0 radical (unpaired) electrons. The molecule has 16 heavy (non-hydrogen) atoms. The van der Waals surface area contributed by atoms with Crippen molar-refractivity contribution in [3.63, 3.8) is 0 Å². The van der Waals surface area contributed by atoms with Crippen molar-refractivity contribution in [2.45, 2.75) is 12.6 Å². The van der Waals surface area contributed by atoms with Gasteiger partial charge in [0.15, 0.2) is 0 Å². The normalized spacial score (nSPS) is 11.2. The zero-order valence-electron chi connectivity index (χ0n) is 8.44. The van der Waals surface area contributed by atoms with Crippen LogP contribution in [0.3, 0.4) is 0 Å². The second-order valence-electron chi connectivity index (χ2n) is 3.20. The summed E-state index contributed by atoms with van der Waals surface area (Å²) in [4.78, 5) is 0. The molecular formula is C11H11BrF3N. The van der Waals surface area contributed by atoms with Crippen LogP contribution >= 0.6 is 15.9 Å². The molecule has 0 aliphatic heterocycles. The summed E-state index contributed by atoms with van der Waals surface area (Å²) in [5.74, 6) is 0. The highest BCUT2D eigenvalue weighted by molar-refractivity contribution is 9.10. The Bertz CT molecular complexity index is 374. The number of benzene rings is 1. The molecule has 0 amide bonds. The van der Waals surface area contributed by atoms with Crippen LogP contribution in [-0.2, 0) is 6.18 Å². The van der Waals surface area contributed by atoms with Crippen molar-refractivity contribution in [2.24, 2.45) is 0 Å². The van der Waals surface area contributed by atoms with Crippen LogP contribution < -0.4 is 5.32 Å². The third-order valence-corrected chi connectivity index (χ3v) is 2.62.